The van der Waals surface area contributed by atoms with Gasteiger partial charge in [-0.3, -0.25) is 0 Å². The number of halogens is 1. The molecule has 0 aliphatic carbocycles. The number of nitrogens with zero attached hydrogens (tertiary/aromatic N) is 3. The number of nitrogens with two attached hydrogens (primary N) is 1. The Labute approximate surface area is 117 Å². The smallest absolute Gasteiger partial charge is 0.171 e. The standard InChI is InChI=1S/C12H19ClN4O2/c1-4-17(7-12(2,3)18)11-9(13)8(5-6-15-11)10(14)16-19/h5-6,18-19H,4,7H2,1-3H3,(H2,14,16). The van der Waals surface area contributed by atoms with E-state index in [0.717, 1.165) is 0 Å². The van der Waals surface area contributed by atoms with E-state index in [-0.39, 0.29) is 5.84 Å². The summed E-state index contributed by atoms with van der Waals surface area (Å²) in [6.45, 7) is 6.33. The molecule has 4 N–H and O–H groups in total. The van der Waals surface area contributed by atoms with Crippen LogP contribution in [0.15, 0.2) is 17.4 Å². The van der Waals surface area contributed by atoms with Crippen molar-refractivity contribution in [2.24, 2.45) is 10.9 Å². The number of aliphatic hydroxyl groups is 1. The average molecular weight is 287 g/mol. The molecule has 0 aliphatic rings. The van der Waals surface area contributed by atoms with Gasteiger partial charge in [-0.25, -0.2) is 4.98 Å². The Balaban J connectivity index is 3.19. The van der Waals surface area contributed by atoms with Crippen LogP contribution in [0, 0.1) is 0 Å². The van der Waals surface area contributed by atoms with E-state index in [9.17, 15) is 5.11 Å². The lowest BCUT2D eigenvalue weighted by atomic mass is 10.1. The van der Waals surface area contributed by atoms with Crippen molar-refractivity contribution < 1.29 is 10.3 Å². The Kier molecular flexibility index (Phi) is 4.97. The molecule has 106 valence electrons. The number of rotatable bonds is 5. The van der Waals surface area contributed by atoms with E-state index in [4.69, 9.17) is 22.5 Å². The second kappa shape index (κ2) is 6.08. The molecule has 0 unspecified atom stereocenters. The summed E-state index contributed by atoms with van der Waals surface area (Å²) >= 11 is 6.23. The van der Waals surface area contributed by atoms with Gasteiger partial charge in [0.25, 0.3) is 0 Å². The molecule has 1 heterocycles. The largest absolute Gasteiger partial charge is 0.409 e. The molecule has 0 bridgehead atoms. The summed E-state index contributed by atoms with van der Waals surface area (Å²) in [6, 6.07) is 1.57. The summed E-state index contributed by atoms with van der Waals surface area (Å²) in [6.07, 6.45) is 1.53. The van der Waals surface area contributed by atoms with Gasteiger partial charge in [0.1, 0.15) is 5.82 Å². The van der Waals surface area contributed by atoms with E-state index >= 15 is 0 Å². The number of aromatic nitrogens is 1. The van der Waals surface area contributed by atoms with Crippen molar-refractivity contribution in [2.75, 3.05) is 18.0 Å². The zero-order chi connectivity index (χ0) is 14.6. The predicted molar refractivity (Wildman–Crippen MR) is 75.9 cm³/mol. The van der Waals surface area contributed by atoms with Gasteiger partial charge in [-0.1, -0.05) is 16.8 Å². The minimum atomic E-state index is -0.881. The summed E-state index contributed by atoms with van der Waals surface area (Å²) in [5.74, 6) is 0.420. The van der Waals surface area contributed by atoms with Crippen LogP contribution < -0.4 is 10.6 Å². The fourth-order valence-corrected chi connectivity index (χ4v) is 2.04. The molecule has 0 atom stereocenters. The highest BCUT2D eigenvalue weighted by Gasteiger charge is 2.21. The molecule has 0 saturated carbocycles. The zero-order valence-corrected chi connectivity index (χ0v) is 12.0. The van der Waals surface area contributed by atoms with Crippen LogP contribution in [0.5, 0.6) is 0 Å². The van der Waals surface area contributed by atoms with Crippen LogP contribution in [-0.2, 0) is 0 Å². The van der Waals surface area contributed by atoms with E-state index in [0.29, 0.717) is 29.5 Å². The SMILES string of the molecule is CCN(CC(C)(C)O)c1nccc(/C(N)=N/O)c1Cl. The molecule has 1 aromatic heterocycles. The van der Waals surface area contributed by atoms with Gasteiger partial charge in [-0.05, 0) is 26.8 Å². The zero-order valence-electron chi connectivity index (χ0n) is 11.3. The van der Waals surface area contributed by atoms with Gasteiger partial charge in [-0.2, -0.15) is 0 Å². The Bertz CT molecular complexity index is 471. The maximum atomic E-state index is 9.90. The second-order valence-corrected chi connectivity index (χ2v) is 5.19. The molecular formula is C12H19ClN4O2. The average Bonchev–Trinajstić information content (AvgIpc) is 2.34. The lowest BCUT2D eigenvalue weighted by molar-refractivity contribution is 0.0874. The summed E-state index contributed by atoms with van der Waals surface area (Å²) in [4.78, 5) is 6.03. The maximum absolute atomic E-state index is 9.90. The molecule has 7 heteroatoms. The van der Waals surface area contributed by atoms with E-state index < -0.39 is 5.60 Å². The number of pyridine rings is 1. The molecule has 19 heavy (non-hydrogen) atoms. The van der Waals surface area contributed by atoms with Crippen molar-refractivity contribution in [3.8, 4) is 0 Å². The first-order chi connectivity index (χ1) is 8.80. The van der Waals surface area contributed by atoms with Gasteiger partial charge in [0, 0.05) is 24.8 Å². The number of hydrogen-bond donors (Lipinski definition) is 3. The van der Waals surface area contributed by atoms with Crippen LogP contribution in [0.1, 0.15) is 26.3 Å². The summed E-state index contributed by atoms with van der Waals surface area (Å²) in [5, 5.41) is 21.8. The lowest BCUT2D eigenvalue weighted by Gasteiger charge is -2.29. The molecule has 6 nitrogen and oxygen atoms in total. The second-order valence-electron chi connectivity index (χ2n) is 4.81. The van der Waals surface area contributed by atoms with E-state index in [1.807, 2.05) is 11.8 Å². The van der Waals surface area contributed by atoms with Crippen molar-refractivity contribution in [1.29, 1.82) is 0 Å². The fourth-order valence-electron chi connectivity index (χ4n) is 1.71. The number of amidine groups is 1. The van der Waals surface area contributed by atoms with Crippen LogP contribution in [0.2, 0.25) is 5.02 Å². The molecule has 0 aromatic carbocycles. The van der Waals surface area contributed by atoms with Gasteiger partial charge >= 0.3 is 0 Å². The summed E-state index contributed by atoms with van der Waals surface area (Å²) < 4.78 is 0. The van der Waals surface area contributed by atoms with Crippen LogP contribution in [0.3, 0.4) is 0 Å². The predicted octanol–water partition coefficient (Wildman–Crippen LogP) is 1.43. The normalized spacial score (nSPS) is 12.6. The molecule has 0 saturated heterocycles. The Morgan fingerprint density at radius 3 is 2.68 bits per heavy atom. The van der Waals surface area contributed by atoms with Crippen LogP contribution in [-0.4, -0.2) is 39.8 Å². The van der Waals surface area contributed by atoms with Gasteiger partial charge in [0.15, 0.2) is 5.84 Å². The molecule has 1 aromatic rings. The van der Waals surface area contributed by atoms with E-state index in [2.05, 4.69) is 10.1 Å². The highest BCUT2D eigenvalue weighted by molar-refractivity contribution is 6.36. The molecule has 0 fully saturated rings. The molecule has 0 spiro atoms. The number of likely N-dealkylation sites (N-methyl/N-ethyl adjacent to an activating group) is 1. The minimum absolute atomic E-state index is 0.0760. The summed E-state index contributed by atoms with van der Waals surface area (Å²) in [7, 11) is 0. The monoisotopic (exact) mass is 286 g/mol. The third-order valence-corrected chi connectivity index (χ3v) is 2.89. The van der Waals surface area contributed by atoms with Crippen molar-refractivity contribution >= 4 is 23.3 Å². The van der Waals surface area contributed by atoms with Crippen LogP contribution >= 0.6 is 11.6 Å². The highest BCUT2D eigenvalue weighted by atomic mass is 35.5. The van der Waals surface area contributed by atoms with Gasteiger partial charge in [0.2, 0.25) is 0 Å². The van der Waals surface area contributed by atoms with E-state index in [1.54, 1.807) is 19.9 Å². The fraction of sp³-hybridized carbons (Fsp3) is 0.500. The number of anilines is 1. The van der Waals surface area contributed by atoms with Gasteiger partial charge in [-0.15, -0.1) is 0 Å². The van der Waals surface area contributed by atoms with Crippen molar-refractivity contribution in [1.82, 2.24) is 4.98 Å². The van der Waals surface area contributed by atoms with Crippen molar-refractivity contribution in [2.45, 2.75) is 26.4 Å². The molecule has 1 rings (SSSR count). The molecular weight excluding hydrogens is 268 g/mol. The van der Waals surface area contributed by atoms with Crippen molar-refractivity contribution in [3.05, 3.63) is 22.8 Å². The minimum Gasteiger partial charge on any atom is -0.409 e. The maximum Gasteiger partial charge on any atom is 0.171 e. The quantitative estimate of drug-likeness (QED) is 0.329. The third-order valence-electron chi connectivity index (χ3n) is 2.51. The number of hydrogen-bond acceptors (Lipinski definition) is 5. The lowest BCUT2D eigenvalue weighted by Crippen LogP contribution is -2.39. The molecule has 0 radical (unpaired) electrons. The first-order valence-corrected chi connectivity index (χ1v) is 6.27. The Morgan fingerprint density at radius 2 is 2.21 bits per heavy atom. The molecule has 0 amide bonds. The number of oxime groups is 1. The first kappa shape index (κ1) is 15.5. The van der Waals surface area contributed by atoms with Gasteiger partial charge in [0.05, 0.1) is 10.6 Å². The first-order valence-electron chi connectivity index (χ1n) is 5.90. The third kappa shape index (κ3) is 3.97. The Morgan fingerprint density at radius 1 is 1.58 bits per heavy atom. The van der Waals surface area contributed by atoms with E-state index in [1.165, 1.54) is 6.20 Å². The van der Waals surface area contributed by atoms with Gasteiger partial charge < -0.3 is 20.9 Å². The van der Waals surface area contributed by atoms with Crippen LogP contribution in [0.4, 0.5) is 5.82 Å². The summed E-state index contributed by atoms with van der Waals surface area (Å²) in [5.41, 5.74) is 5.08. The van der Waals surface area contributed by atoms with Crippen molar-refractivity contribution in [3.63, 3.8) is 0 Å². The topological polar surface area (TPSA) is 95.0 Å². The van der Waals surface area contributed by atoms with Crippen LogP contribution in [0.25, 0.3) is 0 Å². The molecule has 0 aliphatic heterocycles. The highest BCUT2D eigenvalue weighted by Crippen LogP contribution is 2.27. The Hall–Kier alpha value is -1.53.